The van der Waals surface area contributed by atoms with Crippen LogP contribution in [0.4, 0.5) is 11.4 Å². The zero-order chi connectivity index (χ0) is 20.6. The predicted molar refractivity (Wildman–Crippen MR) is 118 cm³/mol. The lowest BCUT2D eigenvalue weighted by molar-refractivity contribution is 0.606. The van der Waals surface area contributed by atoms with E-state index < -0.39 is 10.0 Å². The van der Waals surface area contributed by atoms with Crippen LogP contribution in [-0.4, -0.2) is 31.0 Å². The number of aryl methyl sites for hydroxylation is 1. The molecule has 8 heteroatoms. The van der Waals surface area contributed by atoms with E-state index in [-0.39, 0.29) is 0 Å². The lowest BCUT2D eigenvalue weighted by Gasteiger charge is -2.32. The number of benzene rings is 2. The number of fused-ring (bicyclic) bond motifs is 1. The first-order valence-electron chi connectivity index (χ1n) is 9.47. The number of rotatable bonds is 5. The Labute approximate surface area is 176 Å². The molecule has 3 aromatic rings. The highest BCUT2D eigenvalue weighted by Gasteiger charge is 2.24. The van der Waals surface area contributed by atoms with Crippen LogP contribution in [0.1, 0.15) is 23.2 Å². The molecule has 1 N–H and O–H groups in total. The third kappa shape index (κ3) is 4.11. The second-order valence-electron chi connectivity index (χ2n) is 7.30. The van der Waals surface area contributed by atoms with Crippen LogP contribution in [-0.2, 0) is 23.0 Å². The Balaban J connectivity index is 1.68. The van der Waals surface area contributed by atoms with E-state index in [1.165, 1.54) is 6.26 Å². The third-order valence-electron chi connectivity index (χ3n) is 5.11. The lowest BCUT2D eigenvalue weighted by atomic mass is 9.99. The van der Waals surface area contributed by atoms with Gasteiger partial charge in [-0.3, -0.25) is 4.72 Å². The van der Waals surface area contributed by atoms with Gasteiger partial charge < -0.3 is 4.90 Å². The number of nitrogens with one attached hydrogen (secondary N) is 1. The first kappa shape index (κ1) is 19.8. The van der Waals surface area contributed by atoms with E-state index in [2.05, 4.69) is 14.7 Å². The topological polar surface area (TPSA) is 67.2 Å². The summed E-state index contributed by atoms with van der Waals surface area (Å²) in [5.41, 5.74) is 5.49. The number of aromatic nitrogens is 2. The van der Waals surface area contributed by atoms with Gasteiger partial charge in [-0.05, 0) is 49.6 Å². The van der Waals surface area contributed by atoms with E-state index in [4.69, 9.17) is 11.6 Å². The molecule has 0 atom stereocenters. The van der Waals surface area contributed by atoms with Gasteiger partial charge in [-0.25, -0.2) is 13.1 Å². The van der Waals surface area contributed by atoms with Crippen molar-refractivity contribution in [3.8, 4) is 5.69 Å². The fraction of sp³-hybridized carbons (Fsp3) is 0.286. The molecule has 6 nitrogen and oxygen atoms in total. The van der Waals surface area contributed by atoms with Crippen LogP contribution in [0.2, 0.25) is 5.15 Å². The Bertz CT molecular complexity index is 1140. The van der Waals surface area contributed by atoms with Crippen molar-refractivity contribution in [1.29, 1.82) is 0 Å². The normalized spacial score (nSPS) is 14.0. The van der Waals surface area contributed by atoms with Gasteiger partial charge in [-0.1, -0.05) is 35.9 Å². The number of halogens is 1. The van der Waals surface area contributed by atoms with Crippen LogP contribution in [0.3, 0.4) is 0 Å². The highest BCUT2D eigenvalue weighted by Crippen LogP contribution is 2.35. The van der Waals surface area contributed by atoms with Crippen LogP contribution in [0.25, 0.3) is 5.69 Å². The van der Waals surface area contributed by atoms with Crippen LogP contribution in [0.5, 0.6) is 0 Å². The molecule has 0 fully saturated rings. The van der Waals surface area contributed by atoms with Crippen LogP contribution < -0.4 is 9.62 Å². The van der Waals surface area contributed by atoms with Gasteiger partial charge in [0.1, 0.15) is 5.15 Å². The minimum atomic E-state index is -3.33. The average Bonchev–Trinajstić information content (AvgIpc) is 2.96. The van der Waals surface area contributed by atoms with Gasteiger partial charge in [0.05, 0.1) is 23.3 Å². The Hall–Kier alpha value is -2.51. The number of nitrogens with zero attached hydrogens (tertiary/aromatic N) is 3. The average molecular weight is 431 g/mol. The van der Waals surface area contributed by atoms with Crippen molar-refractivity contribution in [3.05, 3.63) is 70.5 Å². The van der Waals surface area contributed by atoms with Crippen molar-refractivity contribution in [2.75, 3.05) is 22.4 Å². The maximum absolute atomic E-state index is 11.7. The smallest absolute Gasteiger partial charge is 0.229 e. The van der Waals surface area contributed by atoms with E-state index in [1.807, 2.05) is 55.5 Å². The van der Waals surface area contributed by atoms with Crippen molar-refractivity contribution >= 4 is 33.0 Å². The molecule has 1 aliphatic rings. The maximum Gasteiger partial charge on any atom is 0.229 e. The summed E-state index contributed by atoms with van der Waals surface area (Å²) in [6.45, 7) is 3.46. The molecule has 1 aromatic heterocycles. The second-order valence-corrected chi connectivity index (χ2v) is 9.41. The van der Waals surface area contributed by atoms with Gasteiger partial charge in [0.15, 0.2) is 0 Å². The number of hydrogen-bond acceptors (Lipinski definition) is 4. The summed E-state index contributed by atoms with van der Waals surface area (Å²) < 4.78 is 27.9. The summed E-state index contributed by atoms with van der Waals surface area (Å²) in [7, 11) is -3.33. The van der Waals surface area contributed by atoms with Gasteiger partial charge >= 0.3 is 0 Å². The minimum Gasteiger partial charge on any atom is -0.367 e. The van der Waals surface area contributed by atoms with Gasteiger partial charge in [-0.2, -0.15) is 5.10 Å². The van der Waals surface area contributed by atoms with Crippen LogP contribution in [0.15, 0.2) is 48.5 Å². The van der Waals surface area contributed by atoms with Crippen molar-refractivity contribution in [2.24, 2.45) is 0 Å². The molecule has 2 aromatic carbocycles. The van der Waals surface area contributed by atoms with Gasteiger partial charge in [0.25, 0.3) is 0 Å². The number of sulfonamides is 1. The maximum atomic E-state index is 11.7. The van der Waals surface area contributed by atoms with Gasteiger partial charge in [-0.15, -0.1) is 0 Å². The Kier molecular flexibility index (Phi) is 5.27. The number of anilines is 2. The first-order valence-corrected chi connectivity index (χ1v) is 11.7. The predicted octanol–water partition coefficient (Wildman–Crippen LogP) is 4.16. The molecule has 0 aliphatic carbocycles. The molecule has 2 heterocycles. The molecule has 29 heavy (non-hydrogen) atoms. The van der Waals surface area contributed by atoms with E-state index in [1.54, 1.807) is 4.68 Å². The summed E-state index contributed by atoms with van der Waals surface area (Å²) in [4.78, 5) is 2.25. The molecular weight excluding hydrogens is 408 g/mol. The van der Waals surface area contributed by atoms with E-state index in [9.17, 15) is 8.42 Å². The van der Waals surface area contributed by atoms with Gasteiger partial charge in [0.2, 0.25) is 10.0 Å². The highest BCUT2D eigenvalue weighted by molar-refractivity contribution is 7.92. The summed E-state index contributed by atoms with van der Waals surface area (Å²) in [5.74, 6) is 0. The molecule has 152 valence electrons. The Morgan fingerprint density at radius 2 is 1.90 bits per heavy atom. The molecule has 1 aliphatic heterocycles. The summed E-state index contributed by atoms with van der Waals surface area (Å²) in [6, 6.07) is 15.6. The summed E-state index contributed by atoms with van der Waals surface area (Å²) in [6.07, 6.45) is 2.95. The number of para-hydroxylation sites is 1. The summed E-state index contributed by atoms with van der Waals surface area (Å²) in [5, 5.41) is 5.24. The molecule has 0 saturated heterocycles. The third-order valence-corrected chi connectivity index (χ3v) is 6.09. The fourth-order valence-corrected chi connectivity index (χ4v) is 4.73. The molecule has 0 amide bonds. The molecule has 0 radical (unpaired) electrons. The summed E-state index contributed by atoms with van der Waals surface area (Å²) >= 11 is 6.71. The number of hydrogen-bond donors (Lipinski definition) is 1. The Morgan fingerprint density at radius 1 is 1.14 bits per heavy atom. The van der Waals surface area contributed by atoms with E-state index in [0.717, 1.165) is 47.6 Å². The first-order chi connectivity index (χ1) is 13.8. The van der Waals surface area contributed by atoms with Gasteiger partial charge in [0, 0.05) is 24.3 Å². The van der Waals surface area contributed by atoms with Crippen LogP contribution >= 0.6 is 11.6 Å². The lowest BCUT2D eigenvalue weighted by Crippen LogP contribution is -2.29. The van der Waals surface area contributed by atoms with E-state index in [0.29, 0.717) is 17.4 Å². The Morgan fingerprint density at radius 3 is 2.62 bits per heavy atom. The van der Waals surface area contributed by atoms with Crippen molar-refractivity contribution in [3.63, 3.8) is 0 Å². The minimum absolute atomic E-state index is 0.603. The SMILES string of the molecule is Cc1nn(-c2ccccc2)c(Cl)c1CN1CCCc2c(NS(C)(=O)=O)cccc21. The van der Waals surface area contributed by atoms with Crippen LogP contribution in [0, 0.1) is 6.92 Å². The van der Waals surface area contributed by atoms with E-state index >= 15 is 0 Å². The van der Waals surface area contributed by atoms with Crippen molar-refractivity contribution in [2.45, 2.75) is 26.3 Å². The second kappa shape index (κ2) is 7.72. The molecule has 0 unspecified atom stereocenters. The zero-order valence-corrected chi connectivity index (χ0v) is 18.0. The molecular formula is C21H23ClN4O2S. The molecule has 0 saturated carbocycles. The largest absolute Gasteiger partial charge is 0.367 e. The fourth-order valence-electron chi connectivity index (χ4n) is 3.80. The molecule has 4 rings (SSSR count). The quantitative estimate of drug-likeness (QED) is 0.660. The molecule has 0 spiro atoms. The monoisotopic (exact) mass is 430 g/mol. The molecule has 0 bridgehead atoms. The van der Waals surface area contributed by atoms with Crippen molar-refractivity contribution in [1.82, 2.24) is 9.78 Å². The zero-order valence-electron chi connectivity index (χ0n) is 16.4. The highest BCUT2D eigenvalue weighted by atomic mass is 35.5. The standard InChI is InChI=1S/C21H23ClN4O2S/c1-15-18(21(22)26(23-15)16-8-4-3-5-9-16)14-25-13-7-10-17-19(24-29(2,27)28)11-6-12-20(17)25/h3-6,8-9,11-12,24H,7,10,13-14H2,1-2H3. The van der Waals surface area contributed by atoms with Crippen molar-refractivity contribution < 1.29 is 8.42 Å².